The zero-order valence-electron chi connectivity index (χ0n) is 17.1. The average molecular weight is 405 g/mol. The number of aromatic amines is 1. The van der Waals surface area contributed by atoms with Gasteiger partial charge in [-0.05, 0) is 62.8 Å². The summed E-state index contributed by atoms with van der Waals surface area (Å²) in [5.74, 6) is 3.27. The first kappa shape index (κ1) is 19.0. The van der Waals surface area contributed by atoms with Gasteiger partial charge in [0.25, 0.3) is 5.91 Å². The molecule has 2 N–H and O–H groups in total. The molecule has 2 atom stereocenters. The van der Waals surface area contributed by atoms with E-state index >= 15 is 0 Å². The van der Waals surface area contributed by atoms with E-state index in [1.807, 2.05) is 49.4 Å². The molecule has 1 fully saturated rings. The van der Waals surface area contributed by atoms with Crippen LogP contribution in [-0.4, -0.2) is 34.6 Å². The van der Waals surface area contributed by atoms with Gasteiger partial charge in [-0.1, -0.05) is 24.3 Å². The second-order valence-electron chi connectivity index (χ2n) is 8.41. The Bertz CT molecular complexity index is 1010. The molecule has 1 saturated carbocycles. The van der Waals surface area contributed by atoms with Crippen molar-refractivity contribution in [1.29, 1.82) is 0 Å². The molecule has 2 aliphatic rings. The van der Waals surface area contributed by atoms with Crippen molar-refractivity contribution in [2.45, 2.75) is 50.7 Å². The number of hydrogen-bond donors (Lipinski definition) is 2. The third kappa shape index (κ3) is 3.74. The van der Waals surface area contributed by atoms with Crippen molar-refractivity contribution in [2.75, 3.05) is 6.54 Å². The number of hydrogen-bond acceptors (Lipinski definition) is 4. The summed E-state index contributed by atoms with van der Waals surface area (Å²) in [5.41, 5.74) is 2.14. The first-order chi connectivity index (χ1) is 14.7. The molecular weight excluding hydrogens is 378 g/mol. The molecule has 0 saturated heterocycles. The van der Waals surface area contributed by atoms with E-state index in [0.29, 0.717) is 29.9 Å². The maximum Gasteiger partial charge on any atom is 0.265 e. The van der Waals surface area contributed by atoms with E-state index in [0.717, 1.165) is 42.5 Å². The number of fused-ring (bicyclic) bond motifs is 2. The predicted molar refractivity (Wildman–Crippen MR) is 115 cm³/mol. The molecule has 30 heavy (non-hydrogen) atoms. The molecule has 156 valence electrons. The highest BCUT2D eigenvalue weighted by molar-refractivity contribution is 5.82. The van der Waals surface area contributed by atoms with E-state index in [1.54, 1.807) is 0 Å². The van der Waals surface area contributed by atoms with Gasteiger partial charge >= 0.3 is 0 Å². The number of amides is 1. The Labute approximate surface area is 176 Å². The Morgan fingerprint density at radius 3 is 2.50 bits per heavy atom. The largest absolute Gasteiger partial charge is 0.482 e. The number of carbonyl (C=O) groups is 1. The fourth-order valence-electron chi connectivity index (χ4n) is 4.56. The van der Waals surface area contributed by atoms with Crippen LogP contribution in [0.15, 0.2) is 48.5 Å². The van der Waals surface area contributed by atoms with Crippen molar-refractivity contribution in [3.8, 4) is 11.5 Å². The maximum atomic E-state index is 12.7. The minimum Gasteiger partial charge on any atom is -0.482 e. The molecular formula is C24H27N3O3. The molecule has 1 aliphatic carbocycles. The minimum atomic E-state index is -0.619. The number of nitrogens with one attached hydrogen (secondary N) is 2. The second-order valence-corrected chi connectivity index (χ2v) is 8.41. The van der Waals surface area contributed by atoms with Gasteiger partial charge in [0, 0.05) is 12.5 Å². The Morgan fingerprint density at radius 1 is 1.03 bits per heavy atom. The molecule has 0 spiro atoms. The summed E-state index contributed by atoms with van der Waals surface area (Å²) in [5, 5.41) is 3.09. The van der Waals surface area contributed by atoms with Gasteiger partial charge in [0.15, 0.2) is 11.5 Å². The van der Waals surface area contributed by atoms with Crippen molar-refractivity contribution in [1.82, 2.24) is 15.3 Å². The summed E-state index contributed by atoms with van der Waals surface area (Å²) in [4.78, 5) is 21.0. The quantitative estimate of drug-likeness (QED) is 0.683. The van der Waals surface area contributed by atoms with Gasteiger partial charge in [0.05, 0.1) is 11.0 Å². The van der Waals surface area contributed by atoms with Crippen LogP contribution in [0.1, 0.15) is 44.3 Å². The molecule has 3 aromatic rings. The van der Waals surface area contributed by atoms with E-state index in [2.05, 4.69) is 16.4 Å². The van der Waals surface area contributed by atoms with E-state index in [-0.39, 0.29) is 12.0 Å². The molecule has 2 aromatic carbocycles. The van der Waals surface area contributed by atoms with E-state index in [9.17, 15) is 4.79 Å². The molecule has 0 bridgehead atoms. The van der Waals surface area contributed by atoms with E-state index in [1.165, 1.54) is 0 Å². The highest BCUT2D eigenvalue weighted by Gasteiger charge is 2.34. The molecule has 1 aliphatic heterocycles. The van der Waals surface area contributed by atoms with Gasteiger partial charge in [-0.2, -0.15) is 0 Å². The highest BCUT2D eigenvalue weighted by Crippen LogP contribution is 2.36. The molecule has 0 unspecified atom stereocenters. The first-order valence-corrected chi connectivity index (χ1v) is 10.8. The van der Waals surface area contributed by atoms with Gasteiger partial charge in [-0.25, -0.2) is 4.98 Å². The van der Waals surface area contributed by atoms with Crippen LogP contribution in [0.4, 0.5) is 0 Å². The zero-order chi connectivity index (χ0) is 20.5. The Morgan fingerprint density at radius 2 is 1.73 bits per heavy atom. The number of benzene rings is 2. The molecule has 0 radical (unpaired) electrons. The minimum absolute atomic E-state index is 0.101. The summed E-state index contributed by atoms with van der Waals surface area (Å²) in [6.07, 6.45) is 3.42. The number of para-hydroxylation sites is 4. The lowest BCUT2D eigenvalue weighted by Crippen LogP contribution is -2.50. The van der Waals surface area contributed by atoms with Crippen molar-refractivity contribution in [3.05, 3.63) is 54.4 Å². The number of carbonyl (C=O) groups excluding carboxylic acids is 1. The maximum absolute atomic E-state index is 12.7. The number of rotatable bonds is 4. The number of aromatic nitrogens is 2. The fourth-order valence-corrected chi connectivity index (χ4v) is 4.56. The third-order valence-corrected chi connectivity index (χ3v) is 6.31. The van der Waals surface area contributed by atoms with Crippen molar-refractivity contribution >= 4 is 16.9 Å². The molecule has 6 heteroatoms. The van der Waals surface area contributed by atoms with Crippen molar-refractivity contribution in [3.63, 3.8) is 0 Å². The Balaban J connectivity index is 1.13. The Hall–Kier alpha value is -3.02. The first-order valence-electron chi connectivity index (χ1n) is 10.8. The monoisotopic (exact) mass is 405 g/mol. The van der Waals surface area contributed by atoms with Crippen LogP contribution in [0.2, 0.25) is 0 Å². The molecule has 1 amide bonds. The zero-order valence-corrected chi connectivity index (χ0v) is 17.1. The summed E-state index contributed by atoms with van der Waals surface area (Å²) in [6.45, 7) is 2.55. The lowest BCUT2D eigenvalue weighted by atomic mass is 9.81. The summed E-state index contributed by atoms with van der Waals surface area (Å²) < 4.78 is 11.7. The van der Waals surface area contributed by atoms with Gasteiger partial charge in [-0.3, -0.25) is 4.79 Å². The topological polar surface area (TPSA) is 76.2 Å². The average Bonchev–Trinajstić information content (AvgIpc) is 3.21. The number of imidazole rings is 1. The number of ether oxygens (including phenoxy) is 2. The lowest BCUT2D eigenvalue weighted by Gasteiger charge is -2.32. The second kappa shape index (κ2) is 8.01. The Kier molecular flexibility index (Phi) is 5.07. The van der Waals surface area contributed by atoms with Gasteiger partial charge in [-0.15, -0.1) is 0 Å². The molecule has 2 heterocycles. The SMILES string of the molecule is C[C@H]1Oc2ccccc2O[C@@H]1C(=O)NCC1CCC(c2nc3ccccc3[nH]2)CC1. The highest BCUT2D eigenvalue weighted by atomic mass is 16.6. The van der Waals surface area contributed by atoms with Crippen LogP contribution in [0.5, 0.6) is 11.5 Å². The van der Waals surface area contributed by atoms with Crippen LogP contribution in [-0.2, 0) is 4.79 Å². The van der Waals surface area contributed by atoms with Crippen molar-refractivity contribution < 1.29 is 14.3 Å². The third-order valence-electron chi connectivity index (χ3n) is 6.31. The van der Waals surface area contributed by atoms with E-state index < -0.39 is 6.10 Å². The fraction of sp³-hybridized carbons (Fsp3) is 0.417. The normalized spacial score (nSPS) is 25.8. The van der Waals surface area contributed by atoms with Crippen LogP contribution in [0.3, 0.4) is 0 Å². The summed E-state index contributed by atoms with van der Waals surface area (Å²) >= 11 is 0. The van der Waals surface area contributed by atoms with Crippen LogP contribution in [0, 0.1) is 5.92 Å². The van der Waals surface area contributed by atoms with Crippen molar-refractivity contribution in [2.24, 2.45) is 5.92 Å². The summed E-state index contributed by atoms with van der Waals surface area (Å²) in [7, 11) is 0. The molecule has 1 aromatic heterocycles. The summed E-state index contributed by atoms with van der Waals surface area (Å²) in [6, 6.07) is 15.7. The smallest absolute Gasteiger partial charge is 0.265 e. The standard InChI is InChI=1S/C24H27N3O3/c1-15-22(30-21-9-5-4-8-20(21)29-15)24(28)25-14-16-10-12-17(13-11-16)23-26-18-6-2-3-7-19(18)27-23/h2-9,15-17,22H,10-14H2,1H3,(H,25,28)(H,26,27)/t15-,16?,17?,22+/m1/s1. The number of nitrogens with zero attached hydrogens (tertiary/aromatic N) is 1. The van der Waals surface area contributed by atoms with Crippen LogP contribution < -0.4 is 14.8 Å². The van der Waals surface area contributed by atoms with Crippen LogP contribution >= 0.6 is 0 Å². The predicted octanol–water partition coefficient (Wildman–Crippen LogP) is 4.18. The van der Waals surface area contributed by atoms with E-state index in [4.69, 9.17) is 14.5 Å². The van der Waals surface area contributed by atoms with Gasteiger partial charge in [0.1, 0.15) is 11.9 Å². The lowest BCUT2D eigenvalue weighted by molar-refractivity contribution is -0.133. The molecule has 5 rings (SSSR count). The van der Waals surface area contributed by atoms with Crippen LogP contribution in [0.25, 0.3) is 11.0 Å². The molecule has 6 nitrogen and oxygen atoms in total. The number of H-pyrrole nitrogens is 1. The van der Waals surface area contributed by atoms with Gasteiger partial charge < -0.3 is 19.8 Å². The van der Waals surface area contributed by atoms with Gasteiger partial charge in [0.2, 0.25) is 6.10 Å².